The van der Waals surface area contributed by atoms with Gasteiger partial charge in [-0.3, -0.25) is 4.79 Å². The molecular formula is C20H28N2O2. The number of carbonyl (C=O) groups is 1. The van der Waals surface area contributed by atoms with Crippen LogP contribution in [0, 0.1) is 0 Å². The Morgan fingerprint density at radius 1 is 1.08 bits per heavy atom. The zero-order valence-corrected chi connectivity index (χ0v) is 15.2. The van der Waals surface area contributed by atoms with Crippen LogP contribution in [0.2, 0.25) is 0 Å². The number of carbonyl (C=O) groups excluding carboxylic acids is 1. The molecule has 2 aromatic carbocycles. The average Bonchev–Trinajstić information content (AvgIpc) is 2.51. The summed E-state index contributed by atoms with van der Waals surface area (Å²) in [4.78, 5) is 12.2. The topological polar surface area (TPSA) is 61.4 Å². The Labute approximate surface area is 144 Å². The van der Waals surface area contributed by atoms with Gasteiger partial charge >= 0.3 is 0 Å². The van der Waals surface area contributed by atoms with Gasteiger partial charge in [0.05, 0.1) is 18.2 Å². The van der Waals surface area contributed by atoms with Gasteiger partial charge in [0.15, 0.2) is 0 Å². The van der Waals surface area contributed by atoms with Gasteiger partial charge in [0, 0.05) is 5.54 Å². The number of fused-ring (bicyclic) bond motifs is 1. The van der Waals surface area contributed by atoms with E-state index in [0.29, 0.717) is 0 Å². The Bertz CT molecular complexity index is 717. The molecule has 0 fully saturated rings. The molecule has 0 aliphatic carbocycles. The van der Waals surface area contributed by atoms with Crippen LogP contribution >= 0.6 is 0 Å². The van der Waals surface area contributed by atoms with E-state index in [2.05, 4.69) is 34.9 Å². The van der Waals surface area contributed by atoms with Gasteiger partial charge in [0.2, 0.25) is 5.91 Å². The molecule has 4 heteroatoms. The highest BCUT2D eigenvalue weighted by molar-refractivity contribution is 5.83. The molecule has 24 heavy (non-hydrogen) atoms. The van der Waals surface area contributed by atoms with Crippen LogP contribution in [0.3, 0.4) is 0 Å². The van der Waals surface area contributed by atoms with Gasteiger partial charge in [-0.2, -0.15) is 0 Å². The van der Waals surface area contributed by atoms with E-state index >= 15 is 0 Å². The van der Waals surface area contributed by atoms with Crippen molar-refractivity contribution in [3.8, 4) is 0 Å². The molecule has 3 N–H and O–H groups in total. The summed E-state index contributed by atoms with van der Waals surface area (Å²) in [5.74, 6) is -0.0898. The van der Waals surface area contributed by atoms with E-state index < -0.39 is 11.1 Å². The second-order valence-corrected chi connectivity index (χ2v) is 7.43. The van der Waals surface area contributed by atoms with Gasteiger partial charge in [-0.15, -0.1) is 0 Å². The average molecular weight is 328 g/mol. The van der Waals surface area contributed by atoms with E-state index in [4.69, 9.17) is 0 Å². The summed E-state index contributed by atoms with van der Waals surface area (Å²) in [7, 11) is 0. The molecule has 0 aromatic heterocycles. The summed E-state index contributed by atoms with van der Waals surface area (Å²) in [6.45, 7) is 9.36. The first-order valence-corrected chi connectivity index (χ1v) is 8.35. The van der Waals surface area contributed by atoms with Crippen molar-refractivity contribution in [2.45, 2.75) is 51.8 Å². The number of rotatable bonds is 6. The smallest absolute Gasteiger partial charge is 0.234 e. The number of nitrogens with one attached hydrogen (secondary N) is 2. The third-order valence-corrected chi connectivity index (χ3v) is 4.87. The first kappa shape index (κ1) is 18.4. The second kappa shape index (κ2) is 6.91. The molecule has 2 aromatic rings. The first-order chi connectivity index (χ1) is 11.1. The Balaban J connectivity index is 1.98. The fourth-order valence-electron chi connectivity index (χ4n) is 2.37. The first-order valence-electron chi connectivity index (χ1n) is 8.35. The molecule has 2 rings (SSSR count). The minimum Gasteiger partial charge on any atom is -0.389 e. The van der Waals surface area contributed by atoms with Crippen molar-refractivity contribution in [1.82, 2.24) is 10.6 Å². The number of hydrogen-bond acceptors (Lipinski definition) is 3. The molecule has 130 valence electrons. The van der Waals surface area contributed by atoms with Gasteiger partial charge in [-0.05, 0) is 57.0 Å². The Morgan fingerprint density at radius 2 is 1.71 bits per heavy atom. The highest BCUT2D eigenvalue weighted by atomic mass is 16.3. The third kappa shape index (κ3) is 4.34. The molecule has 1 atom stereocenters. The maximum absolute atomic E-state index is 12.2. The van der Waals surface area contributed by atoms with Crippen LogP contribution in [0.1, 0.15) is 46.2 Å². The van der Waals surface area contributed by atoms with Crippen LogP contribution in [0.4, 0.5) is 0 Å². The highest BCUT2D eigenvalue weighted by Crippen LogP contribution is 2.21. The maximum atomic E-state index is 12.2. The summed E-state index contributed by atoms with van der Waals surface area (Å²) in [6, 6.07) is 14.3. The molecule has 0 unspecified atom stereocenters. The zero-order valence-electron chi connectivity index (χ0n) is 15.2. The summed E-state index contributed by atoms with van der Waals surface area (Å²) in [5, 5.41) is 18.6. The molecule has 0 aliphatic heterocycles. The van der Waals surface area contributed by atoms with E-state index in [1.807, 2.05) is 39.0 Å². The molecule has 0 saturated carbocycles. The highest BCUT2D eigenvalue weighted by Gasteiger charge is 2.34. The summed E-state index contributed by atoms with van der Waals surface area (Å²) < 4.78 is 0. The van der Waals surface area contributed by atoms with Gasteiger partial charge in [-0.1, -0.05) is 36.4 Å². The minimum absolute atomic E-state index is 0.0749. The summed E-state index contributed by atoms with van der Waals surface area (Å²) in [6.07, 6.45) is 0. The van der Waals surface area contributed by atoms with Crippen molar-refractivity contribution in [3.05, 3.63) is 48.0 Å². The lowest BCUT2D eigenvalue weighted by molar-refractivity contribution is -0.121. The van der Waals surface area contributed by atoms with Crippen molar-refractivity contribution in [2.75, 3.05) is 6.54 Å². The fourth-order valence-corrected chi connectivity index (χ4v) is 2.37. The lowest BCUT2D eigenvalue weighted by Gasteiger charge is -2.38. The SMILES string of the molecule is C[C@H](NC(=O)CNC(C)(C)C(C)(C)O)c1ccc2ccccc2c1. The quantitative estimate of drug-likeness (QED) is 0.763. The summed E-state index contributed by atoms with van der Waals surface area (Å²) >= 11 is 0. The molecule has 0 radical (unpaired) electrons. The van der Waals surface area contributed by atoms with E-state index in [-0.39, 0.29) is 18.5 Å². The van der Waals surface area contributed by atoms with E-state index in [0.717, 1.165) is 10.9 Å². The van der Waals surface area contributed by atoms with E-state index in [1.165, 1.54) is 5.39 Å². The molecule has 0 spiro atoms. The Hall–Kier alpha value is -1.91. The number of amides is 1. The maximum Gasteiger partial charge on any atom is 0.234 e. The van der Waals surface area contributed by atoms with Crippen LogP contribution in [0.15, 0.2) is 42.5 Å². The molecule has 0 heterocycles. The van der Waals surface area contributed by atoms with Crippen LogP contribution in [0.5, 0.6) is 0 Å². The van der Waals surface area contributed by atoms with Crippen LogP contribution in [-0.2, 0) is 4.79 Å². The normalized spacial score (nSPS) is 13.8. The predicted octanol–water partition coefficient (Wildman–Crippen LogP) is 3.16. The van der Waals surface area contributed by atoms with Crippen molar-refractivity contribution >= 4 is 16.7 Å². The van der Waals surface area contributed by atoms with Crippen molar-refractivity contribution in [2.24, 2.45) is 0 Å². The molecule has 0 saturated heterocycles. The van der Waals surface area contributed by atoms with Gasteiger partial charge in [-0.25, -0.2) is 0 Å². The Morgan fingerprint density at radius 3 is 2.33 bits per heavy atom. The van der Waals surface area contributed by atoms with Gasteiger partial charge in [0.1, 0.15) is 0 Å². The van der Waals surface area contributed by atoms with E-state index in [9.17, 15) is 9.90 Å². The predicted molar refractivity (Wildman–Crippen MR) is 98.9 cm³/mol. The lowest BCUT2D eigenvalue weighted by Crippen LogP contribution is -2.57. The largest absolute Gasteiger partial charge is 0.389 e. The standard InChI is InChI=1S/C20H28N2O2/c1-14(16-11-10-15-8-6-7-9-17(15)12-16)22-18(23)13-21-19(2,3)20(4,5)24/h6-12,14,21,24H,13H2,1-5H3,(H,22,23)/t14-/m0/s1. The molecular weight excluding hydrogens is 300 g/mol. The van der Waals surface area contributed by atoms with Crippen molar-refractivity contribution < 1.29 is 9.90 Å². The third-order valence-electron chi connectivity index (χ3n) is 4.87. The van der Waals surface area contributed by atoms with Crippen molar-refractivity contribution in [1.29, 1.82) is 0 Å². The van der Waals surface area contributed by atoms with Gasteiger partial charge in [0.25, 0.3) is 0 Å². The summed E-state index contributed by atoms with van der Waals surface area (Å²) in [5.41, 5.74) is -0.405. The molecule has 0 bridgehead atoms. The molecule has 0 aliphatic rings. The van der Waals surface area contributed by atoms with Gasteiger partial charge < -0.3 is 15.7 Å². The lowest BCUT2D eigenvalue weighted by atomic mass is 9.86. The Kier molecular flexibility index (Phi) is 5.31. The fraction of sp³-hybridized carbons (Fsp3) is 0.450. The van der Waals surface area contributed by atoms with Crippen LogP contribution in [-0.4, -0.2) is 28.7 Å². The zero-order chi connectivity index (χ0) is 18.0. The van der Waals surface area contributed by atoms with E-state index in [1.54, 1.807) is 13.8 Å². The van der Waals surface area contributed by atoms with Crippen LogP contribution in [0.25, 0.3) is 10.8 Å². The van der Waals surface area contributed by atoms with Crippen LogP contribution < -0.4 is 10.6 Å². The second-order valence-electron chi connectivity index (χ2n) is 7.43. The monoisotopic (exact) mass is 328 g/mol. The minimum atomic E-state index is -0.919. The molecule has 4 nitrogen and oxygen atoms in total. The number of benzene rings is 2. The number of hydrogen-bond donors (Lipinski definition) is 3. The number of aliphatic hydroxyl groups is 1. The molecule has 1 amide bonds. The van der Waals surface area contributed by atoms with Crippen molar-refractivity contribution in [3.63, 3.8) is 0 Å².